The van der Waals surface area contributed by atoms with Crippen molar-refractivity contribution in [3.8, 4) is 11.8 Å². The molecule has 1 aromatic carbocycles. The molecule has 0 saturated carbocycles. The van der Waals surface area contributed by atoms with E-state index in [0.29, 0.717) is 25.2 Å². The predicted molar refractivity (Wildman–Crippen MR) is 122 cm³/mol. The lowest BCUT2D eigenvalue weighted by atomic mass is 9.89. The number of ether oxygens (including phenoxy) is 2. The molecule has 0 bridgehead atoms. The van der Waals surface area contributed by atoms with Crippen LogP contribution in [0.4, 0.5) is 5.82 Å². The summed E-state index contributed by atoms with van der Waals surface area (Å²) in [5.74, 6) is 2.00. The maximum absolute atomic E-state index is 10.0. The zero-order valence-electron chi connectivity index (χ0n) is 18.2. The number of phenolic OH excluding ortho intramolecular Hbond substituents is 1. The van der Waals surface area contributed by atoms with Gasteiger partial charge in [-0.1, -0.05) is 12.1 Å². The number of hydrogen-bond acceptors (Lipinski definition) is 7. The first kappa shape index (κ1) is 21.9. The number of aryl methyl sites for hydroxylation is 1. The van der Waals surface area contributed by atoms with Gasteiger partial charge in [0.1, 0.15) is 22.7 Å². The van der Waals surface area contributed by atoms with E-state index in [1.165, 1.54) is 0 Å². The highest BCUT2D eigenvalue weighted by molar-refractivity contribution is 7.99. The van der Waals surface area contributed by atoms with Crippen molar-refractivity contribution in [2.75, 3.05) is 37.0 Å². The minimum Gasteiger partial charge on any atom is -0.508 e. The van der Waals surface area contributed by atoms with Crippen LogP contribution >= 0.6 is 11.8 Å². The first-order valence-electron chi connectivity index (χ1n) is 10.8. The molecule has 0 radical (unpaired) electrons. The Bertz CT molecular complexity index is 979. The molecule has 0 atom stereocenters. The van der Waals surface area contributed by atoms with Crippen molar-refractivity contribution in [3.63, 3.8) is 0 Å². The molecule has 1 aromatic heterocycles. The first-order valence-corrected chi connectivity index (χ1v) is 11.8. The lowest BCUT2D eigenvalue weighted by Crippen LogP contribution is -2.35. The maximum Gasteiger partial charge on any atom is 0.135 e. The Morgan fingerprint density at radius 1 is 1.26 bits per heavy atom. The van der Waals surface area contributed by atoms with E-state index < -0.39 is 0 Å². The number of rotatable bonds is 5. The van der Waals surface area contributed by atoms with Gasteiger partial charge >= 0.3 is 0 Å². The van der Waals surface area contributed by atoms with Crippen molar-refractivity contribution in [2.45, 2.75) is 50.3 Å². The molecule has 31 heavy (non-hydrogen) atoms. The minimum absolute atomic E-state index is 0.278. The highest BCUT2D eigenvalue weighted by Gasteiger charge is 2.33. The summed E-state index contributed by atoms with van der Waals surface area (Å²) in [4.78, 5) is 7.29. The van der Waals surface area contributed by atoms with Crippen molar-refractivity contribution in [2.24, 2.45) is 0 Å². The zero-order chi connectivity index (χ0) is 21.8. The molecule has 0 spiro atoms. The van der Waals surface area contributed by atoms with Crippen molar-refractivity contribution in [1.82, 2.24) is 4.98 Å². The van der Waals surface area contributed by atoms with Crippen LogP contribution in [0, 0.1) is 11.3 Å². The number of nitrogens with zero attached hydrogens (tertiary/aromatic N) is 3. The Morgan fingerprint density at radius 2 is 2.13 bits per heavy atom. The van der Waals surface area contributed by atoms with Gasteiger partial charge in [0.25, 0.3) is 0 Å². The Morgan fingerprint density at radius 3 is 2.94 bits per heavy atom. The number of pyridine rings is 1. The number of fused-ring (bicyclic) bond motifs is 1. The number of thioether (sulfide) groups is 1. The van der Waals surface area contributed by atoms with E-state index in [1.54, 1.807) is 23.9 Å². The monoisotopic (exact) mass is 439 g/mol. The smallest absolute Gasteiger partial charge is 0.135 e. The van der Waals surface area contributed by atoms with E-state index in [9.17, 15) is 10.4 Å². The second-order valence-electron chi connectivity index (χ2n) is 8.63. The summed E-state index contributed by atoms with van der Waals surface area (Å²) in [6.07, 6.45) is 2.46. The predicted octanol–water partition coefficient (Wildman–Crippen LogP) is 4.07. The molecule has 0 unspecified atom stereocenters. The number of benzene rings is 1. The lowest BCUT2D eigenvalue weighted by molar-refractivity contribution is -0.0402. The number of aromatic hydroxyl groups is 1. The van der Waals surface area contributed by atoms with Crippen LogP contribution in [0.15, 0.2) is 29.3 Å². The fraction of sp³-hybridized carbons (Fsp3) is 0.500. The Hall–Kier alpha value is -2.27. The summed E-state index contributed by atoms with van der Waals surface area (Å²) in [5, 5.41) is 20.5. The van der Waals surface area contributed by atoms with Gasteiger partial charge in [-0.25, -0.2) is 4.98 Å². The van der Waals surface area contributed by atoms with Crippen LogP contribution in [0.25, 0.3) is 0 Å². The average Bonchev–Trinajstić information content (AvgIpc) is 3.02. The third-order valence-corrected chi connectivity index (χ3v) is 6.72. The second kappa shape index (κ2) is 9.47. The number of hydrogen-bond donors (Lipinski definition) is 1. The van der Waals surface area contributed by atoms with Gasteiger partial charge in [-0.05, 0) is 49.9 Å². The normalized spacial score (nSPS) is 18.2. The van der Waals surface area contributed by atoms with Gasteiger partial charge in [0, 0.05) is 37.4 Å². The maximum atomic E-state index is 10.0. The van der Waals surface area contributed by atoms with Gasteiger partial charge in [0.05, 0.1) is 24.4 Å². The molecule has 6 nitrogen and oxygen atoms in total. The standard InChI is InChI=1S/C24H29N3O3S/c1-24(2)14-19-20(15-25)23(31-12-7-17-5-3-6-18(28)13-17)26-22(21(19)16-30-24)27-8-4-10-29-11-9-27/h3,5-6,13,28H,4,7-12,14,16H2,1-2H3. The third-order valence-electron chi connectivity index (χ3n) is 5.74. The minimum atomic E-state index is -0.303. The molecule has 164 valence electrons. The van der Waals surface area contributed by atoms with Gasteiger partial charge in [0.15, 0.2) is 0 Å². The molecule has 1 fully saturated rings. The van der Waals surface area contributed by atoms with E-state index in [4.69, 9.17) is 14.5 Å². The highest BCUT2D eigenvalue weighted by atomic mass is 32.2. The van der Waals surface area contributed by atoms with Gasteiger partial charge in [-0.15, -0.1) is 11.8 Å². The molecule has 2 aliphatic heterocycles. The average molecular weight is 440 g/mol. The number of nitriles is 1. The number of aromatic nitrogens is 1. The Kier molecular flexibility index (Phi) is 6.71. The highest BCUT2D eigenvalue weighted by Crippen LogP contribution is 2.39. The molecule has 1 N–H and O–H groups in total. The van der Waals surface area contributed by atoms with Crippen molar-refractivity contribution in [3.05, 3.63) is 46.5 Å². The summed E-state index contributed by atoms with van der Waals surface area (Å²) in [6, 6.07) is 9.77. The first-order chi connectivity index (χ1) is 15.0. The largest absolute Gasteiger partial charge is 0.508 e. The van der Waals surface area contributed by atoms with Gasteiger partial charge in [-0.2, -0.15) is 5.26 Å². The fourth-order valence-electron chi connectivity index (χ4n) is 4.14. The summed E-state index contributed by atoms with van der Waals surface area (Å²) in [6.45, 7) is 7.76. The summed E-state index contributed by atoms with van der Waals surface area (Å²) >= 11 is 1.61. The molecule has 1 saturated heterocycles. The van der Waals surface area contributed by atoms with E-state index >= 15 is 0 Å². The Balaban J connectivity index is 1.66. The van der Waals surface area contributed by atoms with E-state index in [0.717, 1.165) is 65.8 Å². The van der Waals surface area contributed by atoms with Crippen LogP contribution in [-0.2, 0) is 28.9 Å². The van der Waals surface area contributed by atoms with Crippen LogP contribution < -0.4 is 4.90 Å². The molecule has 7 heteroatoms. The van der Waals surface area contributed by atoms with Crippen LogP contribution in [0.2, 0.25) is 0 Å². The van der Waals surface area contributed by atoms with E-state index in [2.05, 4.69) is 24.8 Å². The number of phenols is 1. The SMILES string of the molecule is CC1(C)Cc2c(C#N)c(SCCc3cccc(O)c3)nc(N3CCCOCC3)c2CO1. The summed E-state index contributed by atoms with van der Waals surface area (Å²) < 4.78 is 11.7. The lowest BCUT2D eigenvalue weighted by Gasteiger charge is -2.35. The summed E-state index contributed by atoms with van der Waals surface area (Å²) in [7, 11) is 0. The third kappa shape index (κ3) is 5.15. The van der Waals surface area contributed by atoms with Gasteiger partial charge in [-0.3, -0.25) is 0 Å². The van der Waals surface area contributed by atoms with Crippen molar-refractivity contribution >= 4 is 17.6 Å². The topological polar surface area (TPSA) is 78.6 Å². The van der Waals surface area contributed by atoms with Crippen LogP contribution in [0.5, 0.6) is 5.75 Å². The quantitative estimate of drug-likeness (QED) is 0.704. The van der Waals surface area contributed by atoms with Crippen molar-refractivity contribution in [1.29, 1.82) is 5.26 Å². The van der Waals surface area contributed by atoms with E-state index in [-0.39, 0.29) is 11.4 Å². The molecule has 2 aliphatic rings. The molecular weight excluding hydrogens is 410 g/mol. The fourth-order valence-corrected chi connectivity index (χ4v) is 5.14. The van der Waals surface area contributed by atoms with E-state index in [1.807, 2.05) is 12.1 Å². The molecular formula is C24H29N3O3S. The zero-order valence-corrected chi connectivity index (χ0v) is 19.0. The van der Waals surface area contributed by atoms with Crippen molar-refractivity contribution < 1.29 is 14.6 Å². The molecule has 2 aromatic rings. The van der Waals surface area contributed by atoms with Gasteiger partial charge in [0.2, 0.25) is 0 Å². The second-order valence-corrected chi connectivity index (χ2v) is 9.71. The summed E-state index contributed by atoms with van der Waals surface area (Å²) in [5.41, 5.74) is 3.58. The molecule has 0 aliphatic carbocycles. The molecule has 4 rings (SSSR count). The molecule has 0 amide bonds. The van der Waals surface area contributed by atoms with Crippen LogP contribution in [0.3, 0.4) is 0 Å². The van der Waals surface area contributed by atoms with Crippen LogP contribution in [-0.4, -0.2) is 47.7 Å². The van der Waals surface area contributed by atoms with Crippen LogP contribution in [0.1, 0.15) is 42.5 Å². The number of anilines is 1. The Labute approximate surface area is 188 Å². The molecule has 3 heterocycles. The van der Waals surface area contributed by atoms with Gasteiger partial charge < -0.3 is 19.5 Å².